The minimum absolute atomic E-state index is 0.00811. The summed E-state index contributed by atoms with van der Waals surface area (Å²) in [5, 5.41) is 108. The molecule has 42 heteroatoms. The van der Waals surface area contributed by atoms with Gasteiger partial charge in [0, 0.05) is 51.9 Å². The van der Waals surface area contributed by atoms with E-state index in [4.69, 9.17) is 67.5 Å². The fraction of sp³-hybridized carbons (Fsp3) is 0.500. The van der Waals surface area contributed by atoms with Crippen LogP contribution in [0.4, 0.5) is 0 Å². The minimum Gasteiger partial charge on any atom is -0.508 e. The van der Waals surface area contributed by atoms with Gasteiger partial charge in [0.05, 0.1) is 12.1 Å². The lowest BCUT2D eigenvalue weighted by Crippen LogP contribution is -2.60. The summed E-state index contributed by atoms with van der Waals surface area (Å²) in [6.45, 7) is 7.35. The number of aromatic hydroxyl groups is 4. The number of phenols is 4. The molecular weight excluding hydrogens is 1580 g/mol. The standard InChI is InChI=1S/C80H124N26O16/c1-43(2)37-61(73(119)97-55(13-7-33-93-77(85)86)69(115)101-59(65(83)111)39-45-17-25-49(107)26-18-45)105-71(117)57(15-9-35-95-79(89)90)99-75(121)63(41-47-21-29-51(109)30-22-47)103-67(113)53(81)11-5-6-12-54(82)68(114)104-64(42-48-23-31-52(110)32-24-48)76(122)100-58(16-10-36-96-80(91)92)72(118)106-62(38-44(3)4)74(120)98-56(14-8-34-94-78(87)88)70(116)102-60(66(84)112)40-46-19-27-50(108)28-20-46/h17-32,43-44,53-64,107-110H,5-16,33-42,81-82H2,1-4H3,(H2,83,111)(H2,84,112)(H,97,119)(H,98,120)(H,99,121)(H,100,122)(H,101,115)(H,102,116)(H,103,113)(H,104,114)(H,105,117)(H,106,118)(H4,85,86,93)(H4,87,88,94)(H4,89,90,95)(H4,91,92,96)/t53-,54-,55+,56+,57+,58+,59+,60+,61+,62+,63+,64+/m1/s1. The molecule has 0 fully saturated rings. The van der Waals surface area contributed by atoms with Crippen LogP contribution in [0.15, 0.2) is 97.1 Å². The predicted molar refractivity (Wildman–Crippen MR) is 455 cm³/mol. The van der Waals surface area contributed by atoms with Gasteiger partial charge in [-0.1, -0.05) is 89.1 Å². The Labute approximate surface area is 707 Å². The maximum Gasteiger partial charge on any atom is 0.243 e. The third-order valence-corrected chi connectivity index (χ3v) is 19.2. The third kappa shape index (κ3) is 39.5. The number of benzene rings is 4. The molecule has 0 saturated carbocycles. The number of hydrogen-bond acceptors (Lipinski definition) is 22. The SMILES string of the molecule is CC(C)C[C@H](NC(=O)[C@H](CCCNC(=N)N)NC(=O)[C@H](Cc1ccc(O)cc1)NC(=O)[C@H](N)CCCC[C@@H](N)C(=O)N[C@@H](Cc1ccc(O)cc1)C(=O)N[C@@H](CCCNC(=N)N)C(=O)N[C@@H](CC(C)C)C(=O)N[C@@H](CCCNC(=N)N)C(=O)N[C@@H](Cc1ccc(O)cc1)C(N)=O)C(=O)N[C@@H](CCCNC(=N)N)C(=O)N[C@@H](Cc1ccc(O)cc1)C(N)=O. The van der Waals surface area contributed by atoms with Crippen LogP contribution in [-0.4, -0.2) is 214 Å². The van der Waals surface area contributed by atoms with E-state index in [2.05, 4.69) is 74.4 Å². The number of rotatable bonds is 55. The predicted octanol–water partition coefficient (Wildman–Crippen LogP) is -4.04. The highest BCUT2D eigenvalue weighted by molar-refractivity contribution is 5.99. The highest BCUT2D eigenvalue weighted by Gasteiger charge is 2.37. The Balaban J connectivity index is 1.55. The molecule has 4 aromatic rings. The van der Waals surface area contributed by atoms with Crippen molar-refractivity contribution in [3.63, 3.8) is 0 Å². The first-order valence-electron chi connectivity index (χ1n) is 40.2. The molecule has 38 N–H and O–H groups in total. The quantitative estimate of drug-likeness (QED) is 0.0114. The van der Waals surface area contributed by atoms with Gasteiger partial charge in [0.1, 0.15) is 83.4 Å². The fourth-order valence-electron chi connectivity index (χ4n) is 12.7. The van der Waals surface area contributed by atoms with Gasteiger partial charge in [-0.25, -0.2) is 0 Å². The van der Waals surface area contributed by atoms with Crippen molar-refractivity contribution in [2.75, 3.05) is 26.2 Å². The Bertz CT molecular complexity index is 3880. The van der Waals surface area contributed by atoms with E-state index in [0.717, 1.165) is 0 Å². The second-order valence-corrected chi connectivity index (χ2v) is 30.6. The maximum absolute atomic E-state index is 14.7. The highest BCUT2D eigenvalue weighted by Crippen LogP contribution is 2.19. The van der Waals surface area contributed by atoms with E-state index in [-0.39, 0.29) is 200 Å². The highest BCUT2D eigenvalue weighted by atomic mass is 16.3. The zero-order valence-corrected chi connectivity index (χ0v) is 69.2. The van der Waals surface area contributed by atoms with E-state index >= 15 is 0 Å². The van der Waals surface area contributed by atoms with Crippen molar-refractivity contribution in [2.45, 2.75) is 216 Å². The Morgan fingerprint density at radius 2 is 0.459 bits per heavy atom. The molecule has 12 amide bonds. The monoisotopic (exact) mass is 1700 g/mol. The van der Waals surface area contributed by atoms with Gasteiger partial charge in [-0.2, -0.15) is 0 Å². The van der Waals surface area contributed by atoms with Crippen LogP contribution < -0.4 is 120 Å². The van der Waals surface area contributed by atoms with E-state index in [0.29, 0.717) is 22.3 Å². The molecule has 4 aromatic carbocycles. The lowest BCUT2D eigenvalue weighted by Gasteiger charge is -2.28. The Morgan fingerprint density at radius 1 is 0.270 bits per heavy atom. The smallest absolute Gasteiger partial charge is 0.243 e. The van der Waals surface area contributed by atoms with Crippen molar-refractivity contribution in [1.29, 1.82) is 21.6 Å². The summed E-state index contributed by atoms with van der Waals surface area (Å²) < 4.78 is 0. The molecule has 0 bridgehead atoms. The van der Waals surface area contributed by atoms with E-state index in [1.165, 1.54) is 97.1 Å². The molecule has 0 unspecified atom stereocenters. The summed E-state index contributed by atoms with van der Waals surface area (Å²) in [6.07, 6.45) is -0.269. The number of unbranched alkanes of at least 4 members (excludes halogenated alkanes) is 1. The number of amides is 12. The summed E-state index contributed by atoms with van der Waals surface area (Å²) in [6, 6.07) is 6.59. The number of nitrogens with two attached hydrogens (primary N) is 8. The van der Waals surface area contributed by atoms with Gasteiger partial charge < -0.3 is 141 Å². The van der Waals surface area contributed by atoms with E-state index in [9.17, 15) is 78.0 Å². The van der Waals surface area contributed by atoms with Crippen molar-refractivity contribution in [3.05, 3.63) is 119 Å². The van der Waals surface area contributed by atoms with Crippen LogP contribution in [0.5, 0.6) is 23.0 Å². The Hall–Kier alpha value is -13.3. The molecular formula is C80H124N26O16. The summed E-state index contributed by atoms with van der Waals surface area (Å²) in [7, 11) is 0. The van der Waals surface area contributed by atoms with E-state index in [1.54, 1.807) is 27.7 Å². The van der Waals surface area contributed by atoms with Crippen LogP contribution in [0.25, 0.3) is 0 Å². The van der Waals surface area contributed by atoms with Gasteiger partial charge in [-0.05, 0) is 160 Å². The molecule has 670 valence electrons. The van der Waals surface area contributed by atoms with Gasteiger partial charge in [0.15, 0.2) is 23.8 Å². The lowest BCUT2D eigenvalue weighted by atomic mass is 10.00. The third-order valence-electron chi connectivity index (χ3n) is 19.2. The first-order chi connectivity index (χ1) is 57.7. The number of hydrogen-bond donors (Lipinski definition) is 30. The van der Waals surface area contributed by atoms with Crippen molar-refractivity contribution >= 4 is 94.7 Å². The summed E-state index contributed by atoms with van der Waals surface area (Å²) >= 11 is 0. The van der Waals surface area contributed by atoms with Crippen molar-refractivity contribution in [1.82, 2.24) is 74.4 Å². The number of carbonyl (C=O) groups is 12. The number of guanidine groups is 4. The van der Waals surface area contributed by atoms with Crippen LogP contribution in [0, 0.1) is 33.5 Å². The molecule has 0 saturated heterocycles. The molecule has 12 atom stereocenters. The normalized spacial score (nSPS) is 14.0. The first-order valence-corrected chi connectivity index (χ1v) is 40.2. The molecule has 0 spiro atoms. The second-order valence-electron chi connectivity index (χ2n) is 30.6. The molecule has 0 radical (unpaired) electrons. The molecule has 0 heterocycles. The van der Waals surface area contributed by atoms with Crippen LogP contribution in [0.3, 0.4) is 0 Å². The molecule has 0 aromatic heterocycles. The van der Waals surface area contributed by atoms with Gasteiger partial charge in [-0.3, -0.25) is 79.2 Å². The summed E-state index contributed by atoms with van der Waals surface area (Å²) in [5.74, 6) is -12.7. The van der Waals surface area contributed by atoms with Gasteiger partial charge >= 0.3 is 0 Å². The molecule has 122 heavy (non-hydrogen) atoms. The Morgan fingerprint density at radius 3 is 0.672 bits per heavy atom. The molecule has 0 aliphatic heterocycles. The van der Waals surface area contributed by atoms with Crippen molar-refractivity contribution < 1.29 is 78.0 Å². The fourth-order valence-corrected chi connectivity index (χ4v) is 12.7. The van der Waals surface area contributed by atoms with Gasteiger partial charge in [0.25, 0.3) is 0 Å². The maximum atomic E-state index is 14.7. The minimum atomic E-state index is -1.46. The van der Waals surface area contributed by atoms with Crippen LogP contribution in [0.2, 0.25) is 0 Å². The van der Waals surface area contributed by atoms with Crippen molar-refractivity contribution in [3.8, 4) is 23.0 Å². The number of primary amides is 2. The first kappa shape index (κ1) is 101. The molecule has 4 rings (SSSR count). The van der Waals surface area contributed by atoms with E-state index < -0.39 is 143 Å². The Kier molecular flexibility index (Phi) is 43.6. The summed E-state index contributed by atoms with van der Waals surface area (Å²) in [5.41, 5.74) is 48.5. The van der Waals surface area contributed by atoms with Gasteiger partial charge in [0.2, 0.25) is 70.9 Å². The largest absolute Gasteiger partial charge is 0.508 e. The average molecular weight is 1710 g/mol. The van der Waals surface area contributed by atoms with Crippen LogP contribution in [-0.2, 0) is 83.2 Å². The average Bonchev–Trinajstić information content (AvgIpc) is 0.814. The molecule has 0 aliphatic rings. The lowest BCUT2D eigenvalue weighted by molar-refractivity contribution is -0.135. The van der Waals surface area contributed by atoms with Crippen molar-refractivity contribution in [2.24, 2.45) is 57.7 Å². The van der Waals surface area contributed by atoms with E-state index in [1.807, 2.05) is 0 Å². The number of carbonyl (C=O) groups excluding carboxylic acids is 12. The second kappa shape index (κ2) is 52.6. The molecule has 0 aliphatic carbocycles. The molecule has 42 nitrogen and oxygen atoms in total. The van der Waals surface area contributed by atoms with Crippen LogP contribution in [0.1, 0.15) is 140 Å². The topological polar surface area (TPSA) is 758 Å². The zero-order valence-electron chi connectivity index (χ0n) is 69.2. The summed E-state index contributed by atoms with van der Waals surface area (Å²) in [4.78, 5) is 170. The zero-order chi connectivity index (χ0) is 90.7. The number of nitrogens with one attached hydrogen (secondary N) is 18. The van der Waals surface area contributed by atoms with Crippen LogP contribution >= 0.6 is 0 Å². The number of phenolic OH excluding ortho intramolecular Hbond substituents is 4. The van der Waals surface area contributed by atoms with Gasteiger partial charge in [-0.15, -0.1) is 0 Å².